The van der Waals surface area contributed by atoms with Crippen LogP contribution in [0.4, 0.5) is 9.18 Å². The van der Waals surface area contributed by atoms with Gasteiger partial charge in [-0.05, 0) is 60.2 Å². The Labute approximate surface area is 164 Å². The van der Waals surface area contributed by atoms with Crippen molar-refractivity contribution < 1.29 is 23.8 Å². The normalized spacial score (nSPS) is 15.7. The maximum atomic E-state index is 13.0. The van der Waals surface area contributed by atoms with Gasteiger partial charge >= 0.3 is 0 Å². The van der Waals surface area contributed by atoms with Crippen molar-refractivity contribution in [3.8, 4) is 11.5 Å². The summed E-state index contributed by atoms with van der Waals surface area (Å²) in [5.41, 5.74) is 1.17. The van der Waals surface area contributed by atoms with E-state index >= 15 is 0 Å². The molecule has 0 saturated carbocycles. The molecule has 1 fully saturated rings. The van der Waals surface area contributed by atoms with Crippen molar-refractivity contribution >= 4 is 40.6 Å². The molecule has 5 nitrogen and oxygen atoms in total. The van der Waals surface area contributed by atoms with Crippen LogP contribution in [0.2, 0.25) is 5.02 Å². The van der Waals surface area contributed by atoms with E-state index in [-0.39, 0.29) is 33.8 Å². The number of hydrogen-bond donors (Lipinski definition) is 1. The number of phenolic OH excluding ortho intramolecular Hbond substituents is 1. The van der Waals surface area contributed by atoms with Crippen LogP contribution in [0.5, 0.6) is 11.5 Å². The fourth-order valence-corrected chi connectivity index (χ4v) is 3.56. The van der Waals surface area contributed by atoms with Crippen LogP contribution < -0.4 is 4.74 Å². The zero-order valence-electron chi connectivity index (χ0n) is 14.2. The van der Waals surface area contributed by atoms with Gasteiger partial charge in [-0.25, -0.2) is 4.39 Å². The number of benzene rings is 2. The minimum atomic E-state index is -0.448. The van der Waals surface area contributed by atoms with E-state index in [9.17, 15) is 19.1 Å². The summed E-state index contributed by atoms with van der Waals surface area (Å²) in [6, 6.07) is 8.62. The van der Waals surface area contributed by atoms with Crippen LogP contribution in [0, 0.1) is 5.82 Å². The Morgan fingerprint density at radius 2 is 1.96 bits per heavy atom. The van der Waals surface area contributed by atoms with E-state index in [0.717, 1.165) is 16.7 Å². The van der Waals surface area contributed by atoms with Gasteiger partial charge < -0.3 is 9.84 Å². The summed E-state index contributed by atoms with van der Waals surface area (Å²) in [6.45, 7) is 2.16. The zero-order chi connectivity index (χ0) is 19.6. The van der Waals surface area contributed by atoms with E-state index in [1.54, 1.807) is 13.0 Å². The van der Waals surface area contributed by atoms with Gasteiger partial charge in [0.2, 0.25) is 0 Å². The number of halogens is 2. The average molecular weight is 408 g/mol. The van der Waals surface area contributed by atoms with Crippen LogP contribution in [-0.2, 0) is 11.3 Å². The first-order valence-corrected chi connectivity index (χ1v) is 9.23. The maximum Gasteiger partial charge on any atom is 0.293 e. The number of imide groups is 1. The summed E-state index contributed by atoms with van der Waals surface area (Å²) < 4.78 is 18.3. The molecule has 1 aliphatic heterocycles. The standard InChI is InChI=1S/C19H15ClFNO4S/c1-2-26-15-8-12(7-14(20)17(15)23)9-16-18(24)22(19(25)27-16)10-11-3-5-13(21)6-4-11/h3-9,23H,2,10H2,1H3/b16-9+. The molecular formula is C19H15ClFNO4S. The number of rotatable bonds is 5. The Balaban J connectivity index is 1.85. The number of carbonyl (C=O) groups excluding carboxylic acids is 2. The number of thioether (sulfide) groups is 1. The fraction of sp³-hybridized carbons (Fsp3) is 0.158. The molecule has 27 heavy (non-hydrogen) atoms. The molecule has 140 valence electrons. The van der Waals surface area contributed by atoms with Crippen molar-refractivity contribution in [3.05, 3.63) is 63.3 Å². The summed E-state index contributed by atoms with van der Waals surface area (Å²) in [4.78, 5) is 26.1. The largest absolute Gasteiger partial charge is 0.503 e. The van der Waals surface area contributed by atoms with Gasteiger partial charge in [0, 0.05) is 0 Å². The second-order valence-corrected chi connectivity index (χ2v) is 7.08. The summed E-state index contributed by atoms with van der Waals surface area (Å²) in [5.74, 6) is -0.819. The van der Waals surface area contributed by atoms with Crippen molar-refractivity contribution in [2.24, 2.45) is 0 Å². The SMILES string of the molecule is CCOc1cc(/C=C2/SC(=O)N(Cc3ccc(F)cc3)C2=O)cc(Cl)c1O. The minimum Gasteiger partial charge on any atom is -0.503 e. The Hall–Kier alpha value is -2.51. The van der Waals surface area contributed by atoms with E-state index in [0.29, 0.717) is 17.7 Å². The van der Waals surface area contributed by atoms with Crippen LogP contribution in [0.25, 0.3) is 6.08 Å². The molecule has 0 unspecified atom stereocenters. The third-order valence-corrected chi connectivity index (χ3v) is 4.97. The summed E-state index contributed by atoms with van der Waals surface area (Å²) in [6.07, 6.45) is 1.52. The second kappa shape index (κ2) is 8.02. The highest BCUT2D eigenvalue weighted by molar-refractivity contribution is 8.18. The highest BCUT2D eigenvalue weighted by atomic mass is 35.5. The zero-order valence-corrected chi connectivity index (χ0v) is 15.8. The molecule has 1 aliphatic rings. The van der Waals surface area contributed by atoms with Crippen LogP contribution in [0.15, 0.2) is 41.3 Å². The number of nitrogens with zero attached hydrogens (tertiary/aromatic N) is 1. The summed E-state index contributed by atoms with van der Waals surface area (Å²) in [7, 11) is 0. The minimum absolute atomic E-state index is 0.0583. The predicted octanol–water partition coefficient (Wildman–Crippen LogP) is 4.82. The van der Waals surface area contributed by atoms with Gasteiger partial charge in [0.05, 0.1) is 23.1 Å². The van der Waals surface area contributed by atoms with E-state index in [1.807, 2.05) is 0 Å². The van der Waals surface area contributed by atoms with Gasteiger partial charge in [-0.1, -0.05) is 23.7 Å². The number of carbonyl (C=O) groups is 2. The first-order valence-electron chi connectivity index (χ1n) is 8.04. The molecule has 1 heterocycles. The van der Waals surface area contributed by atoms with Gasteiger partial charge in [-0.15, -0.1) is 0 Å². The lowest BCUT2D eigenvalue weighted by molar-refractivity contribution is -0.123. The number of aromatic hydroxyl groups is 1. The van der Waals surface area contributed by atoms with Gasteiger partial charge in [0.15, 0.2) is 11.5 Å². The molecule has 0 spiro atoms. The van der Waals surface area contributed by atoms with Crippen molar-refractivity contribution in [2.45, 2.75) is 13.5 Å². The third kappa shape index (κ3) is 4.26. The lowest BCUT2D eigenvalue weighted by Gasteiger charge is -2.12. The number of ether oxygens (including phenoxy) is 1. The van der Waals surface area contributed by atoms with Crippen molar-refractivity contribution in [1.29, 1.82) is 0 Å². The molecular weight excluding hydrogens is 393 g/mol. The molecule has 3 rings (SSSR count). The maximum absolute atomic E-state index is 13.0. The smallest absolute Gasteiger partial charge is 0.293 e. The van der Waals surface area contributed by atoms with Gasteiger partial charge in [0.1, 0.15) is 5.82 Å². The number of amides is 2. The lowest BCUT2D eigenvalue weighted by atomic mass is 10.1. The van der Waals surface area contributed by atoms with Crippen LogP contribution in [0.1, 0.15) is 18.1 Å². The lowest BCUT2D eigenvalue weighted by Crippen LogP contribution is -2.27. The molecule has 0 bridgehead atoms. The van der Waals surface area contributed by atoms with E-state index < -0.39 is 11.1 Å². The predicted molar refractivity (Wildman–Crippen MR) is 102 cm³/mol. The molecule has 0 aliphatic carbocycles. The van der Waals surface area contributed by atoms with Crippen LogP contribution >= 0.6 is 23.4 Å². The Morgan fingerprint density at radius 3 is 2.63 bits per heavy atom. The highest BCUT2D eigenvalue weighted by Crippen LogP contribution is 2.38. The van der Waals surface area contributed by atoms with Crippen molar-refractivity contribution in [3.63, 3.8) is 0 Å². The first-order chi connectivity index (χ1) is 12.9. The second-order valence-electron chi connectivity index (χ2n) is 5.68. The van der Waals surface area contributed by atoms with E-state index in [1.165, 1.54) is 36.4 Å². The molecule has 2 aromatic carbocycles. The Bertz CT molecular complexity index is 930. The average Bonchev–Trinajstić information content (AvgIpc) is 2.88. The Kier molecular flexibility index (Phi) is 5.72. The number of hydrogen-bond acceptors (Lipinski definition) is 5. The molecule has 0 aromatic heterocycles. The molecule has 2 amide bonds. The monoisotopic (exact) mass is 407 g/mol. The van der Waals surface area contributed by atoms with Gasteiger partial charge in [0.25, 0.3) is 11.1 Å². The molecule has 0 radical (unpaired) electrons. The first kappa shape index (κ1) is 19.3. The third-order valence-electron chi connectivity index (χ3n) is 3.78. The van der Waals surface area contributed by atoms with Gasteiger partial charge in [-0.2, -0.15) is 0 Å². The quantitative estimate of drug-likeness (QED) is 0.720. The Morgan fingerprint density at radius 1 is 1.26 bits per heavy atom. The molecule has 1 N–H and O–H groups in total. The fourth-order valence-electron chi connectivity index (χ4n) is 2.50. The van der Waals surface area contributed by atoms with Gasteiger partial charge in [-0.3, -0.25) is 14.5 Å². The van der Waals surface area contributed by atoms with Crippen LogP contribution in [0.3, 0.4) is 0 Å². The number of phenols is 1. The van der Waals surface area contributed by atoms with E-state index in [4.69, 9.17) is 16.3 Å². The van der Waals surface area contributed by atoms with Crippen molar-refractivity contribution in [1.82, 2.24) is 4.90 Å². The topological polar surface area (TPSA) is 66.8 Å². The van der Waals surface area contributed by atoms with E-state index in [2.05, 4.69) is 0 Å². The summed E-state index contributed by atoms with van der Waals surface area (Å²) in [5, 5.41) is 9.56. The highest BCUT2D eigenvalue weighted by Gasteiger charge is 2.35. The van der Waals surface area contributed by atoms with Crippen molar-refractivity contribution in [2.75, 3.05) is 6.61 Å². The summed E-state index contributed by atoms with van der Waals surface area (Å²) >= 11 is 6.80. The molecule has 8 heteroatoms. The molecule has 2 aromatic rings. The van der Waals surface area contributed by atoms with Crippen LogP contribution in [-0.4, -0.2) is 27.8 Å². The molecule has 0 atom stereocenters. The molecule has 1 saturated heterocycles.